The number of benzene rings is 3. The van der Waals surface area contributed by atoms with Crippen LogP contribution in [0.4, 0.5) is 30.2 Å². The number of carbonyl (C=O) groups is 2. The van der Waals surface area contributed by atoms with Crippen molar-refractivity contribution in [3.05, 3.63) is 89.7 Å². The second kappa shape index (κ2) is 12.1. The Kier molecular flexibility index (Phi) is 8.30. The van der Waals surface area contributed by atoms with E-state index in [0.29, 0.717) is 46.5 Å². The predicted molar refractivity (Wildman–Crippen MR) is 157 cm³/mol. The number of nitrogens with zero attached hydrogens (tertiary/aromatic N) is 5. The van der Waals surface area contributed by atoms with E-state index in [-0.39, 0.29) is 31.0 Å². The second-order valence-electron chi connectivity index (χ2n) is 10.5. The van der Waals surface area contributed by atoms with Gasteiger partial charge in [0.15, 0.2) is 0 Å². The Labute approximate surface area is 246 Å². The molecule has 43 heavy (non-hydrogen) atoms. The number of aromatic nitrogens is 2. The molecular formula is C32H29F3N6O2. The maximum atomic E-state index is 13.0. The van der Waals surface area contributed by atoms with Crippen molar-refractivity contribution < 1.29 is 22.8 Å². The number of para-hydroxylation sites is 1. The number of amides is 2. The van der Waals surface area contributed by atoms with E-state index in [1.807, 2.05) is 48.2 Å². The van der Waals surface area contributed by atoms with Gasteiger partial charge in [-0.3, -0.25) is 19.6 Å². The molecule has 1 aliphatic rings. The number of rotatable bonds is 6. The van der Waals surface area contributed by atoms with Gasteiger partial charge < -0.3 is 15.1 Å². The Morgan fingerprint density at radius 3 is 2.47 bits per heavy atom. The van der Waals surface area contributed by atoms with Crippen molar-refractivity contribution in [2.24, 2.45) is 0 Å². The number of alkyl halides is 3. The van der Waals surface area contributed by atoms with Crippen molar-refractivity contribution in [3.63, 3.8) is 0 Å². The van der Waals surface area contributed by atoms with E-state index in [1.165, 1.54) is 6.92 Å². The molecule has 0 saturated carbocycles. The number of fused-ring (bicyclic) bond motifs is 1. The lowest BCUT2D eigenvalue weighted by molar-refractivity contribution is -0.186. The molecule has 1 saturated heterocycles. The van der Waals surface area contributed by atoms with Gasteiger partial charge >= 0.3 is 12.1 Å². The van der Waals surface area contributed by atoms with E-state index in [9.17, 15) is 28.0 Å². The second-order valence-corrected chi connectivity index (χ2v) is 10.5. The molecule has 1 aliphatic heterocycles. The van der Waals surface area contributed by atoms with Crippen molar-refractivity contribution in [2.45, 2.75) is 44.8 Å². The van der Waals surface area contributed by atoms with Crippen LogP contribution in [0.1, 0.15) is 55.3 Å². The predicted octanol–water partition coefficient (Wildman–Crippen LogP) is 6.63. The molecule has 8 nitrogen and oxygen atoms in total. The van der Waals surface area contributed by atoms with Crippen LogP contribution in [0.15, 0.2) is 73.1 Å². The van der Waals surface area contributed by atoms with Crippen LogP contribution in [0.5, 0.6) is 0 Å². The van der Waals surface area contributed by atoms with E-state index in [2.05, 4.69) is 21.4 Å². The fraction of sp³-hybridized carbons (Fsp3) is 0.281. The third-order valence-electron chi connectivity index (χ3n) is 7.71. The minimum absolute atomic E-state index is 0.00913. The number of halogens is 3. The number of hydrogen-bond donors (Lipinski definition) is 1. The first-order chi connectivity index (χ1) is 20.6. The van der Waals surface area contributed by atoms with Crippen LogP contribution in [0.3, 0.4) is 0 Å². The molecule has 0 radical (unpaired) electrons. The van der Waals surface area contributed by atoms with Crippen molar-refractivity contribution in [1.29, 1.82) is 5.26 Å². The normalized spacial score (nSPS) is 14.7. The summed E-state index contributed by atoms with van der Waals surface area (Å²) in [5, 5.41) is 12.6. The zero-order valence-electron chi connectivity index (χ0n) is 23.6. The van der Waals surface area contributed by atoms with Crippen LogP contribution < -0.4 is 10.2 Å². The number of likely N-dealkylation sites (tertiary alicyclic amines) is 1. The van der Waals surface area contributed by atoms with Gasteiger partial charge in [0.05, 0.1) is 40.1 Å². The quantitative estimate of drug-likeness (QED) is 0.272. The summed E-state index contributed by atoms with van der Waals surface area (Å²) in [7, 11) is 0. The topological polar surface area (TPSA) is 102 Å². The molecule has 220 valence electrons. The first-order valence-corrected chi connectivity index (χ1v) is 13.8. The molecule has 1 atom stereocenters. The SMILES string of the molecule is CC(=O)Nc1ccc(C2CCN(C(=O)C(F)(F)F)CC2)cc1N(c1cccc(C#N)c1)C(C)c1cccc2nccnc12. The van der Waals surface area contributed by atoms with Gasteiger partial charge in [0.1, 0.15) is 0 Å². The summed E-state index contributed by atoms with van der Waals surface area (Å²) in [6.45, 7) is 3.39. The van der Waals surface area contributed by atoms with Crippen LogP contribution in [-0.4, -0.2) is 45.9 Å². The summed E-state index contributed by atoms with van der Waals surface area (Å²) in [5.41, 5.74) is 5.48. The lowest BCUT2D eigenvalue weighted by atomic mass is 9.88. The van der Waals surface area contributed by atoms with Gasteiger partial charge in [-0.25, -0.2) is 0 Å². The van der Waals surface area contributed by atoms with Crippen LogP contribution in [0.25, 0.3) is 11.0 Å². The lowest BCUT2D eigenvalue weighted by Gasteiger charge is -2.36. The molecule has 1 aromatic heterocycles. The number of nitriles is 1. The number of nitrogens with one attached hydrogen (secondary N) is 1. The van der Waals surface area contributed by atoms with Gasteiger partial charge in [-0.15, -0.1) is 0 Å². The Balaban J connectivity index is 1.61. The van der Waals surface area contributed by atoms with E-state index < -0.39 is 12.1 Å². The summed E-state index contributed by atoms with van der Waals surface area (Å²) in [6, 6.07) is 20.3. The van der Waals surface area contributed by atoms with E-state index in [4.69, 9.17) is 0 Å². The van der Waals surface area contributed by atoms with E-state index >= 15 is 0 Å². The summed E-state index contributed by atoms with van der Waals surface area (Å²) in [5.74, 6) is -2.20. The van der Waals surface area contributed by atoms with Gasteiger partial charge in [-0.1, -0.05) is 24.3 Å². The highest BCUT2D eigenvalue weighted by atomic mass is 19.4. The van der Waals surface area contributed by atoms with Gasteiger partial charge in [0.2, 0.25) is 5.91 Å². The number of anilines is 3. The van der Waals surface area contributed by atoms with Crippen LogP contribution in [0, 0.1) is 11.3 Å². The number of piperidine rings is 1. The maximum Gasteiger partial charge on any atom is 0.471 e. The molecule has 1 N–H and O–H groups in total. The molecule has 11 heteroatoms. The van der Waals surface area contributed by atoms with Gasteiger partial charge in [-0.2, -0.15) is 18.4 Å². The summed E-state index contributed by atoms with van der Waals surface area (Å²) < 4.78 is 39.0. The van der Waals surface area contributed by atoms with Crippen molar-refractivity contribution in [2.75, 3.05) is 23.3 Å². The zero-order valence-corrected chi connectivity index (χ0v) is 23.6. The third-order valence-corrected chi connectivity index (χ3v) is 7.71. The standard InChI is InChI=1S/C32H29F3N6O2/c1-20(26-7-4-8-28-30(26)38-14-13-37-28)41(25-6-3-5-22(17-25)19-36)29-18-24(9-10-27(29)39-21(2)42)23-11-15-40(16-12-23)31(43)32(33,34)35/h3-10,13-14,17-18,20,23H,11-12,15-16H2,1-2H3,(H,39,42). The highest BCUT2D eigenvalue weighted by molar-refractivity contribution is 5.94. The van der Waals surface area contributed by atoms with Gasteiger partial charge in [0, 0.05) is 43.7 Å². The Bertz CT molecular complexity index is 1700. The van der Waals surface area contributed by atoms with Crippen LogP contribution in [-0.2, 0) is 9.59 Å². The molecule has 1 unspecified atom stereocenters. The van der Waals surface area contributed by atoms with Gasteiger partial charge in [0.25, 0.3) is 0 Å². The molecule has 5 rings (SSSR count). The molecule has 1 fully saturated rings. The Morgan fingerprint density at radius 2 is 1.77 bits per heavy atom. The van der Waals surface area contributed by atoms with Crippen molar-refractivity contribution in [3.8, 4) is 6.07 Å². The molecular weight excluding hydrogens is 557 g/mol. The molecule has 4 aromatic rings. The number of hydrogen-bond acceptors (Lipinski definition) is 6. The molecule has 0 bridgehead atoms. The molecule has 0 aliphatic carbocycles. The van der Waals surface area contributed by atoms with E-state index in [1.54, 1.807) is 36.7 Å². The van der Waals surface area contributed by atoms with Gasteiger partial charge in [-0.05, 0) is 67.6 Å². The summed E-state index contributed by atoms with van der Waals surface area (Å²) in [6.07, 6.45) is -0.936. The first kappa shape index (κ1) is 29.5. The number of carbonyl (C=O) groups excluding carboxylic acids is 2. The highest BCUT2D eigenvalue weighted by Crippen LogP contribution is 2.43. The third kappa shape index (κ3) is 6.28. The largest absolute Gasteiger partial charge is 0.471 e. The fourth-order valence-corrected chi connectivity index (χ4v) is 5.68. The minimum Gasteiger partial charge on any atom is -0.335 e. The summed E-state index contributed by atoms with van der Waals surface area (Å²) in [4.78, 5) is 36.0. The fourth-order valence-electron chi connectivity index (χ4n) is 5.68. The van der Waals surface area contributed by atoms with Crippen molar-refractivity contribution >= 4 is 39.9 Å². The lowest BCUT2D eigenvalue weighted by Crippen LogP contribution is -2.45. The average Bonchev–Trinajstić information content (AvgIpc) is 3.00. The average molecular weight is 587 g/mol. The Hall–Kier alpha value is -4.98. The summed E-state index contributed by atoms with van der Waals surface area (Å²) >= 11 is 0. The van der Waals surface area contributed by atoms with Crippen LogP contribution >= 0.6 is 0 Å². The minimum atomic E-state index is -4.90. The Morgan fingerprint density at radius 1 is 1.05 bits per heavy atom. The van der Waals surface area contributed by atoms with E-state index in [0.717, 1.165) is 16.0 Å². The molecule has 2 heterocycles. The van der Waals surface area contributed by atoms with Crippen LogP contribution in [0.2, 0.25) is 0 Å². The van der Waals surface area contributed by atoms with Crippen molar-refractivity contribution in [1.82, 2.24) is 14.9 Å². The smallest absolute Gasteiger partial charge is 0.335 e. The highest BCUT2D eigenvalue weighted by Gasteiger charge is 2.43. The molecule has 3 aromatic carbocycles. The molecule has 2 amide bonds. The maximum absolute atomic E-state index is 13.0. The zero-order chi connectivity index (χ0) is 30.7. The monoisotopic (exact) mass is 586 g/mol. The first-order valence-electron chi connectivity index (χ1n) is 13.8. The molecule has 0 spiro atoms.